The molecule has 2 fully saturated rings. The number of carboxylic acids is 1. The van der Waals surface area contributed by atoms with Gasteiger partial charge in [0.1, 0.15) is 23.1 Å². The number of methoxy groups -OCH3 is 3. The summed E-state index contributed by atoms with van der Waals surface area (Å²) in [5.74, 6) is -2.62. The lowest BCUT2D eigenvalue weighted by Gasteiger charge is -2.44. The van der Waals surface area contributed by atoms with Crippen molar-refractivity contribution >= 4 is 43.4 Å². The number of halogens is 2. The van der Waals surface area contributed by atoms with Crippen LogP contribution in [0.15, 0.2) is 133 Å². The zero-order valence-electron chi connectivity index (χ0n) is 39.8. The van der Waals surface area contributed by atoms with Gasteiger partial charge in [0.25, 0.3) is 0 Å². The largest absolute Gasteiger partial charge is 0.497 e. The Morgan fingerprint density at radius 2 is 0.901 bits per heavy atom. The van der Waals surface area contributed by atoms with Crippen LogP contribution in [0.3, 0.4) is 0 Å². The molecule has 374 valence electrons. The first-order valence-corrected chi connectivity index (χ1v) is 25.9. The van der Waals surface area contributed by atoms with Gasteiger partial charge in [0.15, 0.2) is 0 Å². The van der Waals surface area contributed by atoms with E-state index < -0.39 is 43.6 Å². The van der Waals surface area contributed by atoms with Crippen LogP contribution in [0, 0.1) is 37.3 Å². The highest BCUT2D eigenvalue weighted by atomic mass is 32.2. The second-order valence-electron chi connectivity index (χ2n) is 17.8. The SMILES string of the molecule is COC(=O)c1cc(F)cc(NS(=O)(=O)CC2CN(C(c3ccc(C)cc3)c3ccc(C)cc3)C2)c1.COc1ccc(C(c2ccc(OC)cc2)N2CC(CS(=O)(=O)Nc3cc(F)cc(C(=O)O)c3)C2)cc1. The number of hydrogen-bond acceptors (Lipinski definition) is 11. The number of ether oxygens (including phenoxy) is 3. The first kappa shape index (κ1) is 52.0. The molecule has 18 heteroatoms. The van der Waals surface area contributed by atoms with Crippen LogP contribution in [0.2, 0.25) is 0 Å². The van der Waals surface area contributed by atoms with Gasteiger partial charge in [-0.3, -0.25) is 19.2 Å². The number of aromatic carboxylic acids is 1. The number of likely N-dealkylation sites (tertiary alicyclic amines) is 2. The summed E-state index contributed by atoms with van der Waals surface area (Å²) in [6.07, 6.45) is 0. The van der Waals surface area contributed by atoms with Gasteiger partial charge in [0.05, 0.1) is 67.4 Å². The number of aryl methyl sites for hydroxylation is 2. The van der Waals surface area contributed by atoms with Crippen LogP contribution >= 0.6 is 0 Å². The number of benzene rings is 6. The summed E-state index contributed by atoms with van der Waals surface area (Å²) in [5, 5.41) is 9.09. The van der Waals surface area contributed by atoms with Crippen LogP contribution in [0.1, 0.15) is 66.2 Å². The van der Waals surface area contributed by atoms with Gasteiger partial charge in [-0.05, 0) is 96.8 Å². The number of anilines is 2. The molecule has 0 saturated carbocycles. The Morgan fingerprint density at radius 3 is 1.24 bits per heavy atom. The highest BCUT2D eigenvalue weighted by Gasteiger charge is 2.38. The third-order valence-electron chi connectivity index (χ3n) is 12.3. The number of nitrogens with one attached hydrogen (secondary N) is 2. The van der Waals surface area contributed by atoms with Crippen molar-refractivity contribution in [2.45, 2.75) is 25.9 Å². The highest BCUT2D eigenvalue weighted by Crippen LogP contribution is 2.38. The molecule has 0 radical (unpaired) electrons. The van der Waals surface area contributed by atoms with E-state index in [1.54, 1.807) is 14.2 Å². The van der Waals surface area contributed by atoms with E-state index in [-0.39, 0.29) is 57.9 Å². The molecule has 71 heavy (non-hydrogen) atoms. The van der Waals surface area contributed by atoms with E-state index in [1.165, 1.54) is 24.3 Å². The number of rotatable bonds is 18. The number of nitrogens with zero attached hydrogens (tertiary/aromatic N) is 2. The molecule has 6 aromatic rings. The van der Waals surface area contributed by atoms with Crippen molar-refractivity contribution in [2.24, 2.45) is 11.8 Å². The molecule has 0 aromatic heterocycles. The summed E-state index contributed by atoms with van der Waals surface area (Å²) in [5.41, 5.74) is 6.27. The van der Waals surface area contributed by atoms with Crippen molar-refractivity contribution < 1.29 is 54.5 Å². The number of sulfonamides is 2. The lowest BCUT2D eigenvalue weighted by Crippen LogP contribution is -2.51. The van der Waals surface area contributed by atoms with Crippen molar-refractivity contribution in [2.75, 3.05) is 68.5 Å². The summed E-state index contributed by atoms with van der Waals surface area (Å²) in [6.45, 7) is 6.40. The third-order valence-corrected chi connectivity index (χ3v) is 15.2. The van der Waals surface area contributed by atoms with Gasteiger partial charge in [-0.25, -0.2) is 35.2 Å². The second kappa shape index (κ2) is 22.5. The molecule has 2 aliphatic rings. The summed E-state index contributed by atoms with van der Waals surface area (Å²) in [7, 11) is -3.17. The number of hydrogen-bond donors (Lipinski definition) is 3. The van der Waals surface area contributed by atoms with Crippen molar-refractivity contribution in [3.05, 3.63) is 190 Å². The zero-order valence-corrected chi connectivity index (χ0v) is 41.5. The summed E-state index contributed by atoms with van der Waals surface area (Å²) in [4.78, 5) is 27.3. The standard InChI is InChI=1S/C27H29FN2O4S.C26H27FN2O6S/c1-18-4-8-21(9-5-18)26(22-10-6-19(2)7-11-22)30-15-20(16-30)17-35(32,33)29-25-13-23(27(31)34-3)12-24(28)14-25;1-34-23-7-3-18(4-8-23)25(19-5-9-24(35-2)10-6-19)29-14-17(15-29)16-36(32,33)28-22-12-20(26(30)31)11-21(27)13-22/h4-14,20,26,29H,15-17H2,1-3H3;3-13,17,25,28H,14-16H2,1-2H3,(H,30,31). The Balaban J connectivity index is 0.000000209. The molecule has 0 amide bonds. The Hall–Kier alpha value is -6.86. The highest BCUT2D eigenvalue weighted by molar-refractivity contribution is 7.93. The molecule has 8 rings (SSSR count). The van der Waals surface area contributed by atoms with E-state index in [2.05, 4.69) is 86.4 Å². The lowest BCUT2D eigenvalue weighted by molar-refractivity contribution is 0.0599. The van der Waals surface area contributed by atoms with Gasteiger partial charge in [0.2, 0.25) is 20.0 Å². The molecule has 6 aromatic carbocycles. The first-order chi connectivity index (χ1) is 33.8. The Bertz CT molecular complexity index is 2950. The van der Waals surface area contributed by atoms with Gasteiger partial charge in [-0.2, -0.15) is 0 Å². The van der Waals surface area contributed by atoms with Crippen LogP contribution in [-0.4, -0.2) is 103 Å². The second-order valence-corrected chi connectivity index (χ2v) is 21.4. The molecular weight excluding hydrogens is 955 g/mol. The summed E-state index contributed by atoms with van der Waals surface area (Å²) in [6, 6.07) is 38.5. The smallest absolute Gasteiger partial charge is 0.338 e. The minimum absolute atomic E-state index is 0.00114. The zero-order chi connectivity index (χ0) is 51.0. The fourth-order valence-electron chi connectivity index (χ4n) is 8.87. The average Bonchev–Trinajstić information content (AvgIpc) is 3.30. The van der Waals surface area contributed by atoms with Crippen LogP contribution in [0.4, 0.5) is 20.2 Å². The van der Waals surface area contributed by atoms with Gasteiger partial charge >= 0.3 is 11.9 Å². The van der Waals surface area contributed by atoms with Crippen LogP contribution in [0.25, 0.3) is 0 Å². The van der Waals surface area contributed by atoms with Gasteiger partial charge < -0.3 is 19.3 Å². The quantitative estimate of drug-likeness (QED) is 0.0699. The minimum atomic E-state index is -3.82. The van der Waals surface area contributed by atoms with E-state index in [0.717, 1.165) is 64.1 Å². The molecule has 3 N–H and O–H groups in total. The lowest BCUT2D eigenvalue weighted by atomic mass is 9.90. The topological polar surface area (TPSA) is 181 Å². The maximum atomic E-state index is 13.9. The molecule has 0 bridgehead atoms. The van der Waals surface area contributed by atoms with Crippen LogP contribution in [-0.2, 0) is 24.8 Å². The molecule has 0 spiro atoms. The van der Waals surface area contributed by atoms with Gasteiger partial charge in [0, 0.05) is 38.0 Å². The fourth-order valence-corrected chi connectivity index (χ4v) is 11.7. The van der Waals surface area contributed by atoms with E-state index in [9.17, 15) is 35.2 Å². The van der Waals surface area contributed by atoms with Crippen LogP contribution in [0.5, 0.6) is 11.5 Å². The van der Waals surface area contributed by atoms with Crippen molar-refractivity contribution in [1.29, 1.82) is 0 Å². The maximum absolute atomic E-state index is 13.9. The average molecular weight is 1010 g/mol. The van der Waals surface area contributed by atoms with Crippen molar-refractivity contribution in [3.8, 4) is 11.5 Å². The van der Waals surface area contributed by atoms with E-state index in [1.807, 2.05) is 48.5 Å². The molecule has 0 atom stereocenters. The van der Waals surface area contributed by atoms with Crippen molar-refractivity contribution in [1.82, 2.24) is 9.80 Å². The van der Waals surface area contributed by atoms with E-state index in [4.69, 9.17) is 14.6 Å². The van der Waals surface area contributed by atoms with Gasteiger partial charge in [-0.15, -0.1) is 0 Å². The van der Waals surface area contributed by atoms with Crippen LogP contribution < -0.4 is 18.9 Å². The fraction of sp³-hybridized carbons (Fsp3) is 0.283. The summed E-state index contributed by atoms with van der Waals surface area (Å²) >= 11 is 0. The molecular formula is C53H56F2N4O10S2. The van der Waals surface area contributed by atoms with Crippen molar-refractivity contribution in [3.63, 3.8) is 0 Å². The molecule has 2 aliphatic heterocycles. The molecule has 0 aliphatic carbocycles. The number of carboxylic acid groups (broad SMARTS) is 1. The van der Waals surface area contributed by atoms with E-state index >= 15 is 0 Å². The van der Waals surface area contributed by atoms with E-state index in [0.29, 0.717) is 26.2 Å². The normalized spacial score (nSPS) is 14.4. The Labute approximate surface area is 413 Å². The van der Waals surface area contributed by atoms with Gasteiger partial charge in [-0.1, -0.05) is 83.9 Å². The number of esters is 1. The molecule has 14 nitrogen and oxygen atoms in total. The number of carbonyl (C=O) groups excluding carboxylic acids is 1. The molecule has 2 saturated heterocycles. The molecule has 2 heterocycles. The molecule has 0 unspecified atom stereocenters. The predicted molar refractivity (Wildman–Crippen MR) is 268 cm³/mol. The first-order valence-electron chi connectivity index (χ1n) is 22.6. The predicted octanol–water partition coefficient (Wildman–Crippen LogP) is 8.70. The Kier molecular flexibility index (Phi) is 16.5. The third kappa shape index (κ3) is 13.7. The number of carbonyl (C=O) groups is 2. The summed E-state index contributed by atoms with van der Waals surface area (Å²) < 4.78 is 98.5. The monoisotopic (exact) mass is 1010 g/mol. The Morgan fingerprint density at radius 1 is 0.563 bits per heavy atom. The minimum Gasteiger partial charge on any atom is -0.497 e. The maximum Gasteiger partial charge on any atom is 0.338 e.